The first-order valence-corrected chi connectivity index (χ1v) is 6.74. The highest BCUT2D eigenvalue weighted by Gasteiger charge is 2.32. The Morgan fingerprint density at radius 3 is 2.32 bits per heavy atom. The molecule has 0 aromatic heterocycles. The third-order valence-corrected chi connectivity index (χ3v) is 4.17. The second-order valence-electron chi connectivity index (χ2n) is 5.16. The van der Waals surface area contributed by atoms with Gasteiger partial charge in [-0.25, -0.2) is 0 Å². The van der Waals surface area contributed by atoms with Crippen molar-refractivity contribution in [3.8, 4) is 5.75 Å². The molecule has 0 amide bonds. The maximum atomic E-state index is 5.23. The van der Waals surface area contributed by atoms with Gasteiger partial charge in [-0.15, -0.1) is 0 Å². The van der Waals surface area contributed by atoms with Gasteiger partial charge in [0.2, 0.25) is 0 Å². The van der Waals surface area contributed by atoms with Crippen molar-refractivity contribution < 1.29 is 4.74 Å². The maximum Gasteiger partial charge on any atom is 0.119 e. The molecule has 0 radical (unpaired) electrons. The average molecular weight is 253 g/mol. The van der Waals surface area contributed by atoms with Crippen molar-refractivity contribution in [1.29, 1.82) is 0 Å². The predicted molar refractivity (Wildman–Crippen MR) is 79.5 cm³/mol. The van der Waals surface area contributed by atoms with Crippen molar-refractivity contribution in [2.45, 2.75) is 25.8 Å². The summed E-state index contributed by atoms with van der Waals surface area (Å²) in [6.07, 6.45) is 0. The fraction of sp³-hybridized carbons (Fsp3) is 0.294. The molecule has 2 nitrogen and oxygen atoms in total. The first-order valence-electron chi connectivity index (χ1n) is 6.74. The number of rotatable bonds is 2. The van der Waals surface area contributed by atoms with Crippen molar-refractivity contribution in [1.82, 2.24) is 0 Å². The van der Waals surface area contributed by atoms with E-state index in [4.69, 9.17) is 4.74 Å². The van der Waals surface area contributed by atoms with Crippen molar-refractivity contribution in [2.75, 3.05) is 12.0 Å². The molecular formula is C17H19NO. The third kappa shape index (κ3) is 1.88. The summed E-state index contributed by atoms with van der Waals surface area (Å²) in [7, 11) is 1.70. The summed E-state index contributed by atoms with van der Waals surface area (Å²) in [5, 5.41) is 0. The lowest BCUT2D eigenvalue weighted by Crippen LogP contribution is -2.25. The minimum absolute atomic E-state index is 0.478. The Hall–Kier alpha value is -1.96. The van der Waals surface area contributed by atoms with Crippen LogP contribution in [-0.2, 0) is 0 Å². The number of methoxy groups -OCH3 is 1. The molecule has 0 saturated carbocycles. The number of fused-ring (bicyclic) bond motifs is 1. The minimum atomic E-state index is 0.478. The van der Waals surface area contributed by atoms with Gasteiger partial charge < -0.3 is 9.64 Å². The molecule has 0 aliphatic carbocycles. The Morgan fingerprint density at radius 2 is 1.63 bits per heavy atom. The number of anilines is 2. The van der Waals surface area contributed by atoms with E-state index in [2.05, 4.69) is 55.1 Å². The van der Waals surface area contributed by atoms with Crippen molar-refractivity contribution in [3.63, 3.8) is 0 Å². The molecule has 1 heterocycles. The third-order valence-electron chi connectivity index (χ3n) is 4.17. The van der Waals surface area contributed by atoms with Crippen LogP contribution < -0.4 is 9.64 Å². The normalized spacial score (nSPS) is 21.3. The first-order chi connectivity index (χ1) is 9.22. The highest BCUT2D eigenvalue weighted by molar-refractivity contribution is 5.72. The lowest BCUT2D eigenvalue weighted by molar-refractivity contribution is 0.415. The molecule has 2 unspecified atom stereocenters. The van der Waals surface area contributed by atoms with E-state index in [1.54, 1.807) is 7.11 Å². The molecule has 2 heteroatoms. The van der Waals surface area contributed by atoms with E-state index < -0.39 is 0 Å². The standard InChI is InChI=1S/C17H19NO/c1-12-13(2)18(17-7-5-4-6-16(12)17)14-8-10-15(19-3)11-9-14/h4-13H,1-3H3. The summed E-state index contributed by atoms with van der Waals surface area (Å²) in [4.78, 5) is 2.42. The lowest BCUT2D eigenvalue weighted by atomic mass is 9.98. The quantitative estimate of drug-likeness (QED) is 0.789. The number of hydrogen-bond acceptors (Lipinski definition) is 2. The van der Waals surface area contributed by atoms with Crippen LogP contribution in [0, 0.1) is 0 Å². The fourth-order valence-corrected chi connectivity index (χ4v) is 2.91. The van der Waals surface area contributed by atoms with Crippen LogP contribution in [0.2, 0.25) is 0 Å². The molecule has 0 spiro atoms. The van der Waals surface area contributed by atoms with Gasteiger partial charge in [-0.1, -0.05) is 25.1 Å². The van der Waals surface area contributed by atoms with Gasteiger partial charge in [0.25, 0.3) is 0 Å². The summed E-state index contributed by atoms with van der Waals surface area (Å²) in [5.74, 6) is 1.45. The van der Waals surface area contributed by atoms with Crippen molar-refractivity contribution >= 4 is 11.4 Å². The first kappa shape index (κ1) is 12.1. The smallest absolute Gasteiger partial charge is 0.119 e. The second-order valence-corrected chi connectivity index (χ2v) is 5.16. The summed E-state index contributed by atoms with van der Waals surface area (Å²) in [5.41, 5.74) is 3.99. The monoisotopic (exact) mass is 253 g/mol. The maximum absolute atomic E-state index is 5.23. The highest BCUT2D eigenvalue weighted by Crippen LogP contribution is 2.44. The summed E-state index contributed by atoms with van der Waals surface area (Å²) >= 11 is 0. The largest absolute Gasteiger partial charge is 0.497 e. The van der Waals surface area contributed by atoms with E-state index in [-0.39, 0.29) is 0 Å². The minimum Gasteiger partial charge on any atom is -0.497 e. The van der Waals surface area contributed by atoms with Gasteiger partial charge in [0.15, 0.2) is 0 Å². The molecule has 3 rings (SSSR count). The van der Waals surface area contributed by atoms with Gasteiger partial charge in [-0.2, -0.15) is 0 Å². The van der Waals surface area contributed by atoms with Crippen LogP contribution in [0.4, 0.5) is 11.4 Å². The van der Waals surface area contributed by atoms with Gasteiger partial charge in [-0.05, 0) is 42.8 Å². The second kappa shape index (κ2) is 4.61. The Morgan fingerprint density at radius 1 is 0.947 bits per heavy atom. The Balaban J connectivity index is 2.04. The van der Waals surface area contributed by atoms with Crippen LogP contribution in [0.25, 0.3) is 0 Å². The topological polar surface area (TPSA) is 12.5 Å². The molecule has 19 heavy (non-hydrogen) atoms. The summed E-state index contributed by atoms with van der Waals surface area (Å²) in [6.45, 7) is 4.59. The van der Waals surface area contributed by atoms with Gasteiger partial charge in [-0.3, -0.25) is 0 Å². The Labute approximate surface area is 114 Å². The molecule has 0 bridgehead atoms. The Bertz CT molecular complexity index is 576. The zero-order valence-corrected chi connectivity index (χ0v) is 11.6. The van der Waals surface area contributed by atoms with Crippen LogP contribution in [0.1, 0.15) is 25.3 Å². The van der Waals surface area contributed by atoms with E-state index >= 15 is 0 Å². The van der Waals surface area contributed by atoms with E-state index in [1.807, 2.05) is 12.1 Å². The number of hydrogen-bond donors (Lipinski definition) is 0. The highest BCUT2D eigenvalue weighted by atomic mass is 16.5. The van der Waals surface area contributed by atoms with Gasteiger partial charge in [0, 0.05) is 23.3 Å². The van der Waals surface area contributed by atoms with Crippen LogP contribution in [0.3, 0.4) is 0 Å². The molecular weight excluding hydrogens is 234 g/mol. The van der Waals surface area contributed by atoms with E-state index in [0.29, 0.717) is 12.0 Å². The molecule has 2 atom stereocenters. The molecule has 0 fully saturated rings. The molecule has 1 aliphatic heterocycles. The molecule has 0 saturated heterocycles. The molecule has 0 N–H and O–H groups in total. The van der Waals surface area contributed by atoms with E-state index in [0.717, 1.165) is 5.75 Å². The molecule has 2 aromatic carbocycles. The zero-order chi connectivity index (χ0) is 13.4. The van der Waals surface area contributed by atoms with Gasteiger partial charge in [0.05, 0.1) is 7.11 Å². The van der Waals surface area contributed by atoms with Crippen LogP contribution >= 0.6 is 0 Å². The Kier molecular flexibility index (Phi) is 2.94. The SMILES string of the molecule is COc1ccc(N2c3ccccc3C(C)C2C)cc1. The van der Waals surface area contributed by atoms with Crippen LogP contribution in [-0.4, -0.2) is 13.2 Å². The molecule has 1 aliphatic rings. The average Bonchev–Trinajstić information content (AvgIpc) is 2.72. The molecule has 98 valence electrons. The van der Waals surface area contributed by atoms with Crippen LogP contribution in [0.5, 0.6) is 5.75 Å². The van der Waals surface area contributed by atoms with E-state index in [9.17, 15) is 0 Å². The number of nitrogens with zero attached hydrogens (tertiary/aromatic N) is 1. The van der Waals surface area contributed by atoms with Crippen molar-refractivity contribution in [3.05, 3.63) is 54.1 Å². The number of benzene rings is 2. The number of ether oxygens (including phenoxy) is 1. The zero-order valence-electron chi connectivity index (χ0n) is 11.6. The molecule has 2 aromatic rings. The summed E-state index contributed by atoms with van der Waals surface area (Å²) in [6, 6.07) is 17.5. The van der Waals surface area contributed by atoms with Gasteiger partial charge >= 0.3 is 0 Å². The summed E-state index contributed by atoms with van der Waals surface area (Å²) < 4.78 is 5.23. The van der Waals surface area contributed by atoms with Crippen molar-refractivity contribution in [2.24, 2.45) is 0 Å². The van der Waals surface area contributed by atoms with Crippen LogP contribution in [0.15, 0.2) is 48.5 Å². The lowest BCUT2D eigenvalue weighted by Gasteiger charge is -2.26. The van der Waals surface area contributed by atoms with E-state index in [1.165, 1.54) is 16.9 Å². The van der Waals surface area contributed by atoms with Gasteiger partial charge in [0.1, 0.15) is 5.75 Å². The predicted octanol–water partition coefficient (Wildman–Crippen LogP) is 4.34. The fourth-order valence-electron chi connectivity index (χ4n) is 2.91. The number of para-hydroxylation sites is 1.